The van der Waals surface area contributed by atoms with E-state index in [0.717, 1.165) is 29.7 Å². The molecule has 7 nitrogen and oxygen atoms in total. The van der Waals surface area contributed by atoms with E-state index in [1.807, 2.05) is 95.9 Å². The topological polar surface area (TPSA) is 73.0 Å². The van der Waals surface area contributed by atoms with Gasteiger partial charge in [-0.2, -0.15) is 0 Å². The van der Waals surface area contributed by atoms with Crippen molar-refractivity contribution >= 4 is 29.1 Å². The predicted molar refractivity (Wildman–Crippen MR) is 176 cm³/mol. The van der Waals surface area contributed by atoms with Crippen molar-refractivity contribution < 1.29 is 14.4 Å². The molecule has 1 atom stereocenters. The zero-order chi connectivity index (χ0) is 30.9. The van der Waals surface area contributed by atoms with E-state index in [9.17, 15) is 14.4 Å². The minimum absolute atomic E-state index is 0.132. The van der Waals surface area contributed by atoms with Gasteiger partial charge in [-0.3, -0.25) is 14.4 Å². The van der Waals surface area contributed by atoms with Crippen LogP contribution in [-0.2, 0) is 11.3 Å². The molecule has 226 valence electrons. The molecule has 3 amide bonds. The van der Waals surface area contributed by atoms with Gasteiger partial charge in [-0.1, -0.05) is 85.8 Å². The predicted octanol–water partition coefficient (Wildman–Crippen LogP) is 6.44. The third-order valence-electron chi connectivity index (χ3n) is 8.19. The summed E-state index contributed by atoms with van der Waals surface area (Å²) >= 11 is 0. The average Bonchev–Trinajstić information content (AvgIpc) is 3.32. The fourth-order valence-electron chi connectivity index (χ4n) is 5.83. The molecule has 1 aliphatic heterocycles. The minimum atomic E-state index is -0.234. The number of rotatable bonds is 9. The molecule has 1 saturated heterocycles. The fraction of sp³-hybridized carbons (Fsp3) is 0.270. The first kappa shape index (κ1) is 30.5. The van der Waals surface area contributed by atoms with Crippen molar-refractivity contribution in [2.75, 3.05) is 43.4 Å². The highest BCUT2D eigenvalue weighted by atomic mass is 16.2. The van der Waals surface area contributed by atoms with Crippen LogP contribution in [0.25, 0.3) is 0 Å². The molecule has 4 aromatic rings. The highest BCUT2D eigenvalue weighted by molar-refractivity contribution is 6.06. The maximum atomic E-state index is 14.0. The van der Waals surface area contributed by atoms with Gasteiger partial charge in [-0.25, -0.2) is 0 Å². The molecule has 1 heterocycles. The van der Waals surface area contributed by atoms with Crippen molar-refractivity contribution in [1.82, 2.24) is 9.80 Å². The van der Waals surface area contributed by atoms with Gasteiger partial charge in [-0.15, -0.1) is 0 Å². The van der Waals surface area contributed by atoms with Gasteiger partial charge in [0.05, 0.1) is 11.5 Å². The number of nitrogens with zero attached hydrogens (tertiary/aromatic N) is 3. The molecule has 0 unspecified atom stereocenters. The second-order valence-corrected chi connectivity index (χ2v) is 11.2. The molecule has 0 aromatic heterocycles. The highest BCUT2D eigenvalue weighted by Gasteiger charge is 2.28. The number of nitrogens with one attached hydrogen (secondary N) is 1. The van der Waals surface area contributed by atoms with Crippen LogP contribution in [0.2, 0.25) is 0 Å². The first-order valence-electron chi connectivity index (χ1n) is 15.3. The average molecular weight is 589 g/mol. The summed E-state index contributed by atoms with van der Waals surface area (Å²) < 4.78 is 0. The molecule has 5 rings (SSSR count). The number of hydrogen-bond acceptors (Lipinski definition) is 4. The van der Waals surface area contributed by atoms with Crippen LogP contribution in [0.4, 0.5) is 11.4 Å². The van der Waals surface area contributed by atoms with E-state index in [-0.39, 0.29) is 23.6 Å². The Bertz CT molecular complexity index is 1560. The van der Waals surface area contributed by atoms with Crippen LogP contribution in [0, 0.1) is 0 Å². The van der Waals surface area contributed by atoms with Gasteiger partial charge in [0.2, 0.25) is 5.91 Å². The van der Waals surface area contributed by atoms with Gasteiger partial charge < -0.3 is 20.0 Å². The van der Waals surface area contributed by atoms with Gasteiger partial charge in [0.1, 0.15) is 0 Å². The Balaban J connectivity index is 1.38. The molecule has 44 heavy (non-hydrogen) atoms. The molecular weight excluding hydrogens is 548 g/mol. The number of carbonyl (C=O) groups is 3. The van der Waals surface area contributed by atoms with E-state index >= 15 is 0 Å². The van der Waals surface area contributed by atoms with Gasteiger partial charge >= 0.3 is 0 Å². The molecule has 1 N–H and O–H groups in total. The van der Waals surface area contributed by atoms with Crippen LogP contribution in [0.15, 0.2) is 109 Å². The second-order valence-electron chi connectivity index (χ2n) is 11.2. The molecule has 0 aliphatic carbocycles. The van der Waals surface area contributed by atoms with E-state index in [1.54, 1.807) is 30.1 Å². The number of benzene rings is 4. The minimum Gasteiger partial charge on any atom is -0.369 e. The quantitative estimate of drug-likeness (QED) is 0.244. The van der Waals surface area contributed by atoms with Crippen LogP contribution < -0.4 is 10.2 Å². The van der Waals surface area contributed by atoms with Gasteiger partial charge in [0.15, 0.2) is 0 Å². The normalized spacial score (nSPS) is 14.0. The van der Waals surface area contributed by atoms with Crippen LogP contribution in [0.3, 0.4) is 0 Å². The summed E-state index contributed by atoms with van der Waals surface area (Å²) in [7, 11) is 1.80. The van der Waals surface area contributed by atoms with E-state index in [4.69, 9.17) is 0 Å². The summed E-state index contributed by atoms with van der Waals surface area (Å²) in [5.74, 6) is -0.383. The fourth-order valence-corrected chi connectivity index (χ4v) is 5.83. The van der Waals surface area contributed by atoms with Crippen molar-refractivity contribution in [1.29, 1.82) is 0 Å². The van der Waals surface area contributed by atoms with Crippen molar-refractivity contribution in [2.45, 2.75) is 32.2 Å². The Kier molecular flexibility index (Phi) is 10.1. The van der Waals surface area contributed by atoms with Crippen molar-refractivity contribution in [3.05, 3.63) is 131 Å². The number of hydrogen-bond donors (Lipinski definition) is 1. The Morgan fingerprint density at radius 2 is 1.45 bits per heavy atom. The molecule has 4 aromatic carbocycles. The van der Waals surface area contributed by atoms with Gasteiger partial charge in [-0.05, 0) is 54.3 Å². The standard InChI is InChI=1S/C37H40N4O3/c1-3-32(29-16-9-5-10-17-29)37(44)41-23-13-22-40(24-25-41)34-21-20-31(38-35(42)30-18-11-6-12-19-30)26-33(34)36(43)39(2)27-28-14-7-4-8-15-28/h4-12,14-21,26,32H,3,13,22-25,27H2,1-2H3,(H,38,42)/t32-/m0/s1. The Hall–Kier alpha value is -4.91. The second kappa shape index (κ2) is 14.5. The number of amides is 3. The summed E-state index contributed by atoms with van der Waals surface area (Å²) in [6.07, 6.45) is 1.53. The van der Waals surface area contributed by atoms with Crippen molar-refractivity contribution in [2.24, 2.45) is 0 Å². The summed E-state index contributed by atoms with van der Waals surface area (Å²) in [6.45, 7) is 5.07. The lowest BCUT2D eigenvalue weighted by molar-refractivity contribution is -0.132. The Morgan fingerprint density at radius 3 is 2.14 bits per heavy atom. The lowest BCUT2D eigenvalue weighted by Crippen LogP contribution is -2.38. The third kappa shape index (κ3) is 7.35. The lowest BCUT2D eigenvalue weighted by Gasteiger charge is -2.28. The smallest absolute Gasteiger partial charge is 0.256 e. The SMILES string of the molecule is CC[C@H](C(=O)N1CCCN(c2ccc(NC(=O)c3ccccc3)cc2C(=O)N(C)Cc2ccccc2)CC1)c1ccccc1. The highest BCUT2D eigenvalue weighted by Crippen LogP contribution is 2.29. The lowest BCUT2D eigenvalue weighted by atomic mass is 9.95. The Morgan fingerprint density at radius 1 is 0.795 bits per heavy atom. The van der Waals surface area contributed by atoms with E-state index in [2.05, 4.69) is 17.1 Å². The van der Waals surface area contributed by atoms with Crippen LogP contribution in [0.5, 0.6) is 0 Å². The summed E-state index contributed by atoms with van der Waals surface area (Å²) in [4.78, 5) is 46.4. The molecule has 1 aliphatic rings. The molecule has 1 fully saturated rings. The molecule has 0 radical (unpaired) electrons. The molecule has 7 heteroatoms. The molecule has 0 bridgehead atoms. The van der Waals surface area contributed by atoms with Crippen LogP contribution in [-0.4, -0.2) is 60.7 Å². The van der Waals surface area contributed by atoms with Crippen LogP contribution >= 0.6 is 0 Å². The van der Waals surface area contributed by atoms with Crippen molar-refractivity contribution in [3.63, 3.8) is 0 Å². The number of anilines is 2. The van der Waals surface area contributed by atoms with E-state index < -0.39 is 0 Å². The maximum absolute atomic E-state index is 14.0. The first-order chi connectivity index (χ1) is 21.4. The molecular formula is C37H40N4O3. The van der Waals surface area contributed by atoms with Crippen LogP contribution in [0.1, 0.15) is 57.5 Å². The largest absolute Gasteiger partial charge is 0.369 e. The Labute approximate surface area is 260 Å². The van der Waals surface area contributed by atoms with Crippen molar-refractivity contribution in [3.8, 4) is 0 Å². The van der Waals surface area contributed by atoms with Gasteiger partial charge in [0, 0.05) is 56.7 Å². The maximum Gasteiger partial charge on any atom is 0.256 e. The summed E-state index contributed by atoms with van der Waals surface area (Å²) in [5, 5.41) is 2.96. The molecule has 0 spiro atoms. The van der Waals surface area contributed by atoms with E-state index in [0.29, 0.717) is 49.5 Å². The monoisotopic (exact) mass is 588 g/mol. The van der Waals surface area contributed by atoms with E-state index in [1.165, 1.54) is 0 Å². The third-order valence-corrected chi connectivity index (χ3v) is 8.19. The van der Waals surface area contributed by atoms with Gasteiger partial charge in [0.25, 0.3) is 11.8 Å². The zero-order valence-corrected chi connectivity index (χ0v) is 25.5. The zero-order valence-electron chi connectivity index (χ0n) is 25.5. The number of carbonyl (C=O) groups excluding carboxylic acids is 3. The molecule has 0 saturated carbocycles. The first-order valence-corrected chi connectivity index (χ1v) is 15.3. The summed E-state index contributed by atoms with van der Waals surface area (Å²) in [6, 6.07) is 34.4. The summed E-state index contributed by atoms with van der Waals surface area (Å²) in [5.41, 5.74) is 4.50.